The van der Waals surface area contributed by atoms with E-state index >= 15 is 0 Å². The van der Waals surface area contributed by atoms with Crippen molar-refractivity contribution in [2.75, 3.05) is 25.4 Å². The SMILES string of the molecule is N=c1ccc2c(-c3ccc(C(=O)NCCCCCNC(=O)CON)cc3C(=O)O)c3ccc(N)c(S(=O)(=O)O)c3oc-2c1S(=O)(=O)O. The molecule has 0 fully saturated rings. The Labute approximate surface area is 266 Å². The Morgan fingerprint density at radius 1 is 0.872 bits per heavy atom. The minimum absolute atomic E-state index is 0.0515. The smallest absolute Gasteiger partial charge is 0.336 e. The highest BCUT2D eigenvalue weighted by Crippen LogP contribution is 2.45. The molecule has 1 heterocycles. The summed E-state index contributed by atoms with van der Waals surface area (Å²) in [7, 11) is -10.3. The average Bonchev–Trinajstić information content (AvgIpc) is 2.97. The fourth-order valence-corrected chi connectivity index (χ4v) is 6.45. The number of benzene rings is 3. The van der Waals surface area contributed by atoms with E-state index in [2.05, 4.69) is 15.5 Å². The third-order valence-corrected chi connectivity index (χ3v) is 8.83. The highest BCUT2D eigenvalue weighted by molar-refractivity contribution is 7.86. The van der Waals surface area contributed by atoms with Crippen molar-refractivity contribution in [2.45, 2.75) is 29.1 Å². The van der Waals surface area contributed by atoms with Gasteiger partial charge in [-0.15, -0.1) is 0 Å². The number of carboxylic acids is 1. The molecule has 1 aliphatic carbocycles. The highest BCUT2D eigenvalue weighted by atomic mass is 32.2. The van der Waals surface area contributed by atoms with E-state index in [0.717, 1.165) is 18.2 Å². The third-order valence-electron chi connectivity index (χ3n) is 6.97. The maximum absolute atomic E-state index is 12.9. The van der Waals surface area contributed by atoms with Crippen LogP contribution < -0.4 is 27.6 Å². The molecule has 0 saturated carbocycles. The van der Waals surface area contributed by atoms with Gasteiger partial charge in [0.05, 0.1) is 16.6 Å². The Bertz CT molecular complexity index is 2150. The molecule has 1 aliphatic heterocycles. The number of carbonyl (C=O) groups excluding carboxylic acids is 2. The van der Waals surface area contributed by atoms with E-state index in [1.807, 2.05) is 0 Å². The lowest BCUT2D eigenvalue weighted by Crippen LogP contribution is -2.29. The Morgan fingerprint density at radius 2 is 1.51 bits per heavy atom. The van der Waals surface area contributed by atoms with Crippen LogP contribution in [0.3, 0.4) is 0 Å². The van der Waals surface area contributed by atoms with Gasteiger partial charge in [0, 0.05) is 35.2 Å². The van der Waals surface area contributed by atoms with Gasteiger partial charge in [-0.3, -0.25) is 28.9 Å². The summed E-state index contributed by atoms with van der Waals surface area (Å²) < 4.78 is 74.9. The number of hydrogen-bond donors (Lipinski definition) is 8. The van der Waals surface area contributed by atoms with Gasteiger partial charge >= 0.3 is 5.97 Å². The van der Waals surface area contributed by atoms with Crippen LogP contribution >= 0.6 is 0 Å². The number of nitrogens with two attached hydrogens (primary N) is 2. The Balaban J connectivity index is 1.79. The Hall–Kier alpha value is -4.92. The van der Waals surface area contributed by atoms with Gasteiger partial charge in [-0.05, 0) is 61.2 Å². The van der Waals surface area contributed by atoms with Gasteiger partial charge in [-0.25, -0.2) is 10.7 Å². The minimum atomic E-state index is -5.18. The van der Waals surface area contributed by atoms with Crippen LogP contribution in [-0.2, 0) is 29.9 Å². The van der Waals surface area contributed by atoms with E-state index in [0.29, 0.717) is 25.8 Å². The van der Waals surface area contributed by atoms with Crippen molar-refractivity contribution in [1.29, 1.82) is 5.41 Å². The van der Waals surface area contributed by atoms with Crippen molar-refractivity contribution < 1.29 is 54.7 Å². The summed E-state index contributed by atoms with van der Waals surface area (Å²) in [6.45, 7) is 0.339. The molecule has 10 N–H and O–H groups in total. The van der Waals surface area contributed by atoms with Crippen molar-refractivity contribution in [3.8, 4) is 22.5 Å². The number of carbonyl (C=O) groups is 3. The second-order valence-corrected chi connectivity index (χ2v) is 12.9. The largest absolute Gasteiger partial charge is 0.478 e. The van der Waals surface area contributed by atoms with Crippen LogP contribution in [-0.4, -0.2) is 68.5 Å². The summed E-state index contributed by atoms with van der Waals surface area (Å²) in [6.07, 6.45) is 1.79. The molecule has 17 nitrogen and oxygen atoms in total. The number of nitrogens with one attached hydrogen (secondary N) is 3. The molecule has 2 aliphatic rings. The number of fused-ring (bicyclic) bond motifs is 2. The van der Waals surface area contributed by atoms with Gasteiger partial charge in [-0.2, -0.15) is 16.8 Å². The highest BCUT2D eigenvalue weighted by Gasteiger charge is 2.32. The lowest BCUT2D eigenvalue weighted by Gasteiger charge is -2.20. The Morgan fingerprint density at radius 3 is 2.13 bits per heavy atom. The number of unbranched alkanes of at least 4 members (excludes halogenated alkanes) is 2. The molecule has 2 aromatic carbocycles. The third kappa shape index (κ3) is 7.56. The number of hydrogen-bond acceptors (Lipinski definition) is 12. The first kappa shape index (κ1) is 34.9. The molecule has 0 unspecified atom stereocenters. The van der Waals surface area contributed by atoms with E-state index in [-0.39, 0.29) is 46.7 Å². The number of rotatable bonds is 13. The molecule has 2 aromatic rings. The van der Waals surface area contributed by atoms with Gasteiger partial charge in [0.15, 0.2) is 21.1 Å². The molecule has 2 amide bonds. The van der Waals surface area contributed by atoms with Crippen molar-refractivity contribution in [3.05, 3.63) is 58.9 Å². The lowest BCUT2D eigenvalue weighted by atomic mass is 9.89. The van der Waals surface area contributed by atoms with Crippen LogP contribution in [0.5, 0.6) is 0 Å². The van der Waals surface area contributed by atoms with Gasteiger partial charge in [0.1, 0.15) is 6.61 Å². The Kier molecular flexibility index (Phi) is 10.3. The van der Waals surface area contributed by atoms with E-state index in [4.69, 9.17) is 21.5 Å². The van der Waals surface area contributed by atoms with Crippen LogP contribution in [0.15, 0.2) is 56.7 Å². The molecule has 19 heteroatoms. The molecule has 0 spiro atoms. The minimum Gasteiger partial charge on any atom is -0.478 e. The summed E-state index contributed by atoms with van der Waals surface area (Å²) in [5.41, 5.74) is 3.72. The monoisotopic (exact) mass is 691 g/mol. The molecular formula is C28H29N5O12S2. The molecule has 0 aromatic heterocycles. The van der Waals surface area contributed by atoms with Crippen LogP contribution in [0.2, 0.25) is 0 Å². The van der Waals surface area contributed by atoms with Crippen LogP contribution in [0.1, 0.15) is 40.0 Å². The van der Waals surface area contributed by atoms with Gasteiger partial charge in [-0.1, -0.05) is 6.07 Å². The molecule has 0 radical (unpaired) electrons. The zero-order valence-electron chi connectivity index (χ0n) is 24.3. The molecule has 0 atom stereocenters. The van der Waals surface area contributed by atoms with Crippen molar-refractivity contribution >= 4 is 54.7 Å². The molecule has 0 bridgehead atoms. The van der Waals surface area contributed by atoms with E-state index in [1.54, 1.807) is 0 Å². The number of nitrogen functional groups attached to an aromatic ring is 1. The van der Waals surface area contributed by atoms with Crippen molar-refractivity contribution in [2.24, 2.45) is 5.90 Å². The number of anilines is 1. The maximum Gasteiger partial charge on any atom is 0.336 e. The summed E-state index contributed by atoms with van der Waals surface area (Å²) >= 11 is 0. The molecular weight excluding hydrogens is 662 g/mol. The summed E-state index contributed by atoms with van der Waals surface area (Å²) in [6, 6.07) is 8.16. The van der Waals surface area contributed by atoms with Crippen LogP contribution in [0.25, 0.3) is 33.4 Å². The second kappa shape index (κ2) is 13.8. The summed E-state index contributed by atoms with van der Waals surface area (Å²) in [5, 5.41) is 22.7. The topological polar surface area (TPSA) is 302 Å². The maximum atomic E-state index is 12.9. The van der Waals surface area contributed by atoms with E-state index in [1.165, 1.54) is 24.3 Å². The standard InChI is InChI=1S/C28H29N5O12S2/c29-19-8-6-16-22(17-7-9-20(30)26(47(41,42)43)24(17)45-23(16)25(19)46(38,39)40)15-5-4-14(12-18(15)28(36)37)27(35)33-11-3-1-2-10-32-21(34)13-44-31/h4-9,12,29H,1-3,10-11,13,30-31H2,(H,32,34)(H,33,35)(H,36,37)(H,38,39,40)(H,41,42,43). The predicted octanol–water partition coefficient (Wildman–Crippen LogP) is 1.36. The zero-order valence-corrected chi connectivity index (χ0v) is 25.9. The molecule has 250 valence electrons. The van der Waals surface area contributed by atoms with Gasteiger partial charge in [0.2, 0.25) is 5.91 Å². The summed E-state index contributed by atoms with van der Waals surface area (Å²) in [5.74, 6) is 1.61. The first-order valence-corrected chi connectivity index (χ1v) is 16.5. The second-order valence-electron chi connectivity index (χ2n) is 10.1. The van der Waals surface area contributed by atoms with Gasteiger partial charge in [0.25, 0.3) is 26.1 Å². The van der Waals surface area contributed by atoms with E-state index < -0.39 is 69.9 Å². The first-order valence-electron chi connectivity index (χ1n) is 13.6. The average molecular weight is 692 g/mol. The fraction of sp³-hybridized carbons (Fsp3) is 0.214. The lowest BCUT2D eigenvalue weighted by molar-refractivity contribution is -0.125. The van der Waals surface area contributed by atoms with E-state index in [9.17, 15) is 45.4 Å². The molecule has 0 saturated heterocycles. The van der Waals surface area contributed by atoms with Crippen molar-refractivity contribution in [1.82, 2.24) is 10.6 Å². The van der Waals surface area contributed by atoms with Gasteiger partial charge < -0.3 is 25.9 Å². The van der Waals surface area contributed by atoms with Crippen molar-refractivity contribution in [3.63, 3.8) is 0 Å². The molecule has 4 rings (SSSR count). The quantitative estimate of drug-likeness (QED) is 0.0323. The normalized spacial score (nSPS) is 11.9. The van der Waals surface area contributed by atoms with Crippen LogP contribution in [0.4, 0.5) is 5.69 Å². The number of aromatic carboxylic acids is 1. The number of amides is 2. The fourth-order valence-electron chi connectivity index (χ4n) is 4.96. The number of carboxylic acid groups (broad SMARTS) is 1. The first-order chi connectivity index (χ1) is 22.1. The summed E-state index contributed by atoms with van der Waals surface area (Å²) in [4.78, 5) is 39.0. The van der Waals surface area contributed by atoms with Crippen LogP contribution in [0, 0.1) is 5.41 Å². The predicted molar refractivity (Wildman–Crippen MR) is 164 cm³/mol. The molecule has 47 heavy (non-hydrogen) atoms. The zero-order chi connectivity index (χ0) is 34.7.